The molecule has 0 bridgehead atoms. The number of halogens is 1. The monoisotopic (exact) mass is 282 g/mol. The van der Waals surface area contributed by atoms with Crippen LogP contribution in [-0.4, -0.2) is 36.7 Å². The third-order valence-corrected chi connectivity index (χ3v) is 3.80. The molecule has 0 spiro atoms. The number of piperidine rings is 1. The van der Waals surface area contributed by atoms with Gasteiger partial charge in [-0.05, 0) is 31.5 Å². The largest absolute Gasteiger partial charge is 0.447 e. The number of ether oxygens (including phenoxy) is 1. The first-order valence-corrected chi connectivity index (χ1v) is 6.57. The quantitative estimate of drug-likeness (QED) is 0.905. The third kappa shape index (κ3) is 2.85. The molecule has 0 saturated carbocycles. The van der Waals surface area contributed by atoms with E-state index >= 15 is 0 Å². The third-order valence-electron chi connectivity index (χ3n) is 3.80. The summed E-state index contributed by atoms with van der Waals surface area (Å²) in [6.07, 6.45) is 1.87. The van der Waals surface area contributed by atoms with Gasteiger partial charge < -0.3 is 10.1 Å². The zero-order valence-corrected chi connectivity index (χ0v) is 11.6. The van der Waals surface area contributed by atoms with E-state index in [1.165, 1.54) is 5.56 Å². The van der Waals surface area contributed by atoms with Gasteiger partial charge >= 0.3 is 6.09 Å². The fraction of sp³-hybridized carbons (Fsp3) is 0.500. The van der Waals surface area contributed by atoms with E-state index in [1.807, 2.05) is 23.1 Å². The van der Waals surface area contributed by atoms with E-state index in [-0.39, 0.29) is 24.5 Å². The maximum Gasteiger partial charge on any atom is 0.410 e. The predicted molar refractivity (Wildman–Crippen MR) is 75.5 cm³/mol. The Morgan fingerprint density at radius 2 is 1.84 bits per heavy atom. The first-order chi connectivity index (χ1) is 8.86. The van der Waals surface area contributed by atoms with Crippen molar-refractivity contribution in [2.24, 2.45) is 0 Å². The number of amides is 1. The van der Waals surface area contributed by atoms with E-state index in [0.29, 0.717) is 12.6 Å². The van der Waals surface area contributed by atoms with Gasteiger partial charge in [-0.15, -0.1) is 12.4 Å². The number of benzene rings is 1. The van der Waals surface area contributed by atoms with Crippen LogP contribution in [0.2, 0.25) is 0 Å². The molecule has 0 aromatic heterocycles. The molecule has 2 saturated heterocycles. The van der Waals surface area contributed by atoms with Crippen molar-refractivity contribution in [2.45, 2.75) is 24.9 Å². The number of cyclic esters (lactones) is 1. The molecule has 2 fully saturated rings. The Morgan fingerprint density at radius 1 is 1.16 bits per heavy atom. The molecule has 0 radical (unpaired) electrons. The molecule has 2 heterocycles. The molecule has 0 unspecified atom stereocenters. The summed E-state index contributed by atoms with van der Waals surface area (Å²) >= 11 is 0. The molecule has 3 rings (SSSR count). The van der Waals surface area contributed by atoms with Gasteiger partial charge in [0, 0.05) is 6.04 Å². The van der Waals surface area contributed by atoms with Gasteiger partial charge in [-0.25, -0.2) is 4.79 Å². The number of nitrogens with one attached hydrogen (secondary N) is 1. The molecule has 1 atom stereocenters. The molecule has 2 aliphatic rings. The van der Waals surface area contributed by atoms with E-state index in [1.54, 1.807) is 0 Å². The summed E-state index contributed by atoms with van der Waals surface area (Å²) in [5.41, 5.74) is 1.17. The van der Waals surface area contributed by atoms with Crippen molar-refractivity contribution in [3.8, 4) is 0 Å². The Labute approximate surface area is 119 Å². The Morgan fingerprint density at radius 3 is 2.53 bits per heavy atom. The molecule has 2 aliphatic heterocycles. The normalized spacial score (nSPS) is 23.9. The smallest absolute Gasteiger partial charge is 0.410 e. The molecular formula is C14H19ClN2O2. The summed E-state index contributed by atoms with van der Waals surface area (Å²) in [4.78, 5) is 13.9. The summed E-state index contributed by atoms with van der Waals surface area (Å²) in [6.45, 7) is 2.44. The molecule has 1 aromatic rings. The molecular weight excluding hydrogens is 264 g/mol. The van der Waals surface area contributed by atoms with Gasteiger partial charge in [-0.3, -0.25) is 4.90 Å². The highest BCUT2D eigenvalue weighted by Crippen LogP contribution is 2.31. The first kappa shape index (κ1) is 14.2. The number of carbonyl (C=O) groups is 1. The van der Waals surface area contributed by atoms with Crippen LogP contribution in [0, 0.1) is 0 Å². The summed E-state index contributed by atoms with van der Waals surface area (Å²) in [5, 5.41) is 3.33. The van der Waals surface area contributed by atoms with Crippen LogP contribution < -0.4 is 5.32 Å². The first-order valence-electron chi connectivity index (χ1n) is 6.57. The minimum absolute atomic E-state index is 0. The number of hydrogen-bond donors (Lipinski definition) is 1. The number of carbonyl (C=O) groups excluding carboxylic acids is 1. The second-order valence-corrected chi connectivity index (χ2v) is 4.89. The molecule has 0 aliphatic carbocycles. The Bertz CT molecular complexity index is 421. The van der Waals surface area contributed by atoms with E-state index < -0.39 is 0 Å². The standard InChI is InChI=1S/C14H18N2O2.ClH/c17-14-16(12-6-8-15-9-7-12)13(10-18-14)11-4-2-1-3-5-11;/h1-5,12-13,15H,6-10H2;1H/t13-;/m0./s1. The van der Waals surface area contributed by atoms with Crippen LogP contribution in [0.1, 0.15) is 24.4 Å². The van der Waals surface area contributed by atoms with Gasteiger partial charge in [-0.2, -0.15) is 0 Å². The maximum atomic E-state index is 11.9. The Hall–Kier alpha value is -1.26. The fourth-order valence-electron chi connectivity index (χ4n) is 2.85. The molecule has 4 nitrogen and oxygen atoms in total. The zero-order chi connectivity index (χ0) is 12.4. The maximum absolute atomic E-state index is 11.9. The Balaban J connectivity index is 0.00000133. The van der Waals surface area contributed by atoms with Crippen LogP contribution in [0.4, 0.5) is 4.79 Å². The number of rotatable bonds is 2. The lowest BCUT2D eigenvalue weighted by molar-refractivity contribution is 0.134. The summed E-state index contributed by atoms with van der Waals surface area (Å²) in [5.74, 6) is 0. The van der Waals surface area contributed by atoms with Gasteiger partial charge in [0.15, 0.2) is 0 Å². The van der Waals surface area contributed by atoms with Gasteiger partial charge in [0.25, 0.3) is 0 Å². The zero-order valence-electron chi connectivity index (χ0n) is 10.7. The lowest BCUT2D eigenvalue weighted by atomic mass is 10.0. The lowest BCUT2D eigenvalue weighted by Gasteiger charge is -2.33. The van der Waals surface area contributed by atoms with Crippen molar-refractivity contribution in [2.75, 3.05) is 19.7 Å². The van der Waals surface area contributed by atoms with Crippen LogP contribution in [0.15, 0.2) is 30.3 Å². The summed E-state index contributed by atoms with van der Waals surface area (Å²) in [6, 6.07) is 10.6. The minimum Gasteiger partial charge on any atom is -0.447 e. The molecule has 5 heteroatoms. The van der Waals surface area contributed by atoms with E-state index in [2.05, 4.69) is 17.4 Å². The van der Waals surface area contributed by atoms with Gasteiger partial charge in [0.2, 0.25) is 0 Å². The van der Waals surface area contributed by atoms with Crippen LogP contribution in [-0.2, 0) is 4.74 Å². The Kier molecular flexibility index (Phi) is 4.66. The fourth-order valence-corrected chi connectivity index (χ4v) is 2.85. The summed E-state index contributed by atoms with van der Waals surface area (Å²) in [7, 11) is 0. The van der Waals surface area contributed by atoms with E-state index in [4.69, 9.17) is 4.74 Å². The van der Waals surface area contributed by atoms with Crippen LogP contribution in [0.5, 0.6) is 0 Å². The van der Waals surface area contributed by atoms with Gasteiger partial charge in [0.05, 0.1) is 6.04 Å². The second kappa shape index (κ2) is 6.26. The molecule has 1 aromatic carbocycles. The van der Waals surface area contributed by atoms with Gasteiger partial charge in [0.1, 0.15) is 6.61 Å². The van der Waals surface area contributed by atoms with Crippen molar-refractivity contribution < 1.29 is 9.53 Å². The molecule has 1 N–H and O–H groups in total. The molecule has 19 heavy (non-hydrogen) atoms. The highest BCUT2D eigenvalue weighted by atomic mass is 35.5. The predicted octanol–water partition coefficient (Wildman–Crippen LogP) is 2.35. The lowest BCUT2D eigenvalue weighted by Crippen LogP contribution is -2.44. The average molecular weight is 283 g/mol. The van der Waals surface area contributed by atoms with Crippen molar-refractivity contribution in [3.05, 3.63) is 35.9 Å². The minimum atomic E-state index is -0.157. The second-order valence-electron chi connectivity index (χ2n) is 4.89. The van der Waals surface area contributed by atoms with Crippen molar-refractivity contribution in [1.29, 1.82) is 0 Å². The van der Waals surface area contributed by atoms with Crippen LogP contribution in [0.25, 0.3) is 0 Å². The number of nitrogens with zero attached hydrogens (tertiary/aromatic N) is 1. The highest BCUT2D eigenvalue weighted by Gasteiger charge is 2.39. The topological polar surface area (TPSA) is 41.6 Å². The van der Waals surface area contributed by atoms with E-state index in [9.17, 15) is 4.79 Å². The average Bonchev–Trinajstić information content (AvgIpc) is 2.83. The van der Waals surface area contributed by atoms with Crippen LogP contribution in [0.3, 0.4) is 0 Å². The molecule has 104 valence electrons. The SMILES string of the molecule is Cl.O=C1OC[C@@H](c2ccccc2)N1C1CCNCC1. The molecule has 1 amide bonds. The van der Waals surface area contributed by atoms with Gasteiger partial charge in [-0.1, -0.05) is 30.3 Å². The van der Waals surface area contributed by atoms with Crippen LogP contribution >= 0.6 is 12.4 Å². The summed E-state index contributed by atoms with van der Waals surface area (Å²) < 4.78 is 5.25. The van der Waals surface area contributed by atoms with Crippen molar-refractivity contribution in [1.82, 2.24) is 10.2 Å². The number of hydrogen-bond acceptors (Lipinski definition) is 3. The highest BCUT2D eigenvalue weighted by molar-refractivity contribution is 5.85. The van der Waals surface area contributed by atoms with Crippen molar-refractivity contribution in [3.63, 3.8) is 0 Å². The van der Waals surface area contributed by atoms with E-state index in [0.717, 1.165) is 25.9 Å². The van der Waals surface area contributed by atoms with Crippen molar-refractivity contribution >= 4 is 18.5 Å².